The zero-order valence-corrected chi connectivity index (χ0v) is 31.2. The highest BCUT2D eigenvalue weighted by Crippen LogP contribution is 2.39. The lowest BCUT2D eigenvalue weighted by Gasteiger charge is -2.41. The molecule has 0 radical (unpaired) electrons. The number of nitrogens with zero attached hydrogens (tertiary/aromatic N) is 3. The van der Waals surface area contributed by atoms with Gasteiger partial charge in [0.05, 0.1) is 36.6 Å². The maximum absolute atomic E-state index is 14.6. The van der Waals surface area contributed by atoms with Crippen LogP contribution in [0.25, 0.3) is 5.57 Å². The molecule has 1 N–H and O–H groups in total. The van der Waals surface area contributed by atoms with E-state index in [4.69, 9.17) is 18.6 Å². The van der Waals surface area contributed by atoms with Crippen LogP contribution >= 0.6 is 0 Å². The second-order valence-electron chi connectivity index (χ2n) is 13.8. The van der Waals surface area contributed by atoms with Gasteiger partial charge in [-0.05, 0) is 41.8 Å². The molecule has 2 amide bonds. The average Bonchev–Trinajstić information content (AvgIpc) is 3.09. The lowest BCUT2D eigenvalue weighted by molar-refractivity contribution is 0.0627. The maximum atomic E-state index is 14.6. The Balaban J connectivity index is 1.77. The molecule has 0 fully saturated rings. The first-order valence-electron chi connectivity index (χ1n) is 16.4. The molecular formula is C37H48N4O8Si. The molecular weight excluding hydrogens is 657 g/mol. The number of anilines is 1. The van der Waals surface area contributed by atoms with Crippen LogP contribution < -0.4 is 26.0 Å². The topological polar surface area (TPSA) is 130 Å². The molecule has 1 aliphatic heterocycles. The first-order chi connectivity index (χ1) is 23.6. The number of aromatic nitrogens is 2. The van der Waals surface area contributed by atoms with Crippen LogP contribution in [0.15, 0.2) is 77.0 Å². The highest BCUT2D eigenvalue weighted by atomic mass is 28.4. The zero-order chi connectivity index (χ0) is 36.8. The Morgan fingerprint density at radius 3 is 2.42 bits per heavy atom. The molecule has 1 aromatic heterocycles. The Bertz CT molecular complexity index is 1870. The molecule has 0 spiro atoms. The van der Waals surface area contributed by atoms with E-state index in [1.54, 1.807) is 24.1 Å². The third kappa shape index (κ3) is 8.63. The van der Waals surface area contributed by atoms with Gasteiger partial charge in [0.2, 0.25) is 0 Å². The number of ether oxygens (including phenoxy) is 3. The number of rotatable bonds is 12. The molecule has 268 valence electrons. The molecule has 1 aliphatic rings. The molecule has 4 rings (SSSR count). The summed E-state index contributed by atoms with van der Waals surface area (Å²) in [6.45, 7) is 14.8. The predicted octanol–water partition coefficient (Wildman–Crippen LogP) is 5.73. The smallest absolute Gasteiger partial charge is 0.411 e. The summed E-state index contributed by atoms with van der Waals surface area (Å²) in [4.78, 5) is 54.7. The fourth-order valence-electron chi connectivity index (χ4n) is 5.26. The lowest BCUT2D eigenvalue weighted by atomic mass is 9.95. The average molecular weight is 705 g/mol. The van der Waals surface area contributed by atoms with Crippen molar-refractivity contribution in [3.05, 3.63) is 105 Å². The molecule has 0 saturated heterocycles. The largest absolute Gasteiger partial charge is 0.493 e. The minimum absolute atomic E-state index is 0.0280. The number of hydrogen-bond donors (Lipinski definition) is 1. The molecule has 0 aliphatic carbocycles. The van der Waals surface area contributed by atoms with Gasteiger partial charge >= 0.3 is 11.8 Å². The zero-order valence-electron chi connectivity index (χ0n) is 30.2. The summed E-state index contributed by atoms with van der Waals surface area (Å²) in [5, 5.41) is 2.61. The van der Waals surface area contributed by atoms with Crippen LogP contribution in [0.1, 0.15) is 48.7 Å². The molecule has 0 bridgehead atoms. The summed E-state index contributed by atoms with van der Waals surface area (Å²) >= 11 is 0. The normalized spacial score (nSPS) is 14.8. The first-order valence-corrected chi connectivity index (χ1v) is 19.3. The van der Waals surface area contributed by atoms with E-state index in [-0.39, 0.29) is 42.7 Å². The van der Waals surface area contributed by atoms with E-state index in [2.05, 4.69) is 45.8 Å². The van der Waals surface area contributed by atoms with Crippen molar-refractivity contribution >= 4 is 31.6 Å². The Hall–Kier alpha value is -4.88. The van der Waals surface area contributed by atoms with Crippen molar-refractivity contribution in [2.24, 2.45) is 14.1 Å². The minimum Gasteiger partial charge on any atom is -0.493 e. The monoisotopic (exact) mass is 704 g/mol. The van der Waals surface area contributed by atoms with E-state index in [9.17, 15) is 19.2 Å². The van der Waals surface area contributed by atoms with Crippen LogP contribution in [-0.4, -0.2) is 67.3 Å². The third-order valence-electron chi connectivity index (χ3n) is 9.27. The number of carbonyl (C=O) groups excluding carboxylic acids is 2. The summed E-state index contributed by atoms with van der Waals surface area (Å²) in [6, 6.07) is 12.2. The van der Waals surface area contributed by atoms with Crippen molar-refractivity contribution in [1.29, 1.82) is 0 Å². The Labute approximate surface area is 294 Å². The number of aryl methyl sites for hydroxylation is 1. The van der Waals surface area contributed by atoms with Crippen LogP contribution in [0.2, 0.25) is 18.1 Å². The number of benzene rings is 2. The van der Waals surface area contributed by atoms with Gasteiger partial charge in [0, 0.05) is 32.9 Å². The second kappa shape index (κ2) is 15.8. The number of nitrogens with one attached hydrogen (secondary N) is 1. The Morgan fingerprint density at radius 1 is 1.08 bits per heavy atom. The van der Waals surface area contributed by atoms with Gasteiger partial charge in [-0.1, -0.05) is 69.8 Å². The predicted molar refractivity (Wildman–Crippen MR) is 196 cm³/mol. The van der Waals surface area contributed by atoms with Gasteiger partial charge in [0.15, 0.2) is 19.8 Å². The molecule has 0 unspecified atom stereocenters. The van der Waals surface area contributed by atoms with Crippen molar-refractivity contribution in [2.75, 3.05) is 32.2 Å². The van der Waals surface area contributed by atoms with E-state index >= 15 is 0 Å². The Morgan fingerprint density at radius 2 is 1.78 bits per heavy atom. The number of methoxy groups -OCH3 is 1. The van der Waals surface area contributed by atoms with Crippen LogP contribution in [0.4, 0.5) is 10.5 Å². The van der Waals surface area contributed by atoms with E-state index in [0.717, 1.165) is 10.1 Å². The van der Waals surface area contributed by atoms with E-state index in [1.165, 1.54) is 31.0 Å². The van der Waals surface area contributed by atoms with E-state index < -0.39 is 37.6 Å². The summed E-state index contributed by atoms with van der Waals surface area (Å²) in [6.07, 6.45) is 4.32. The van der Waals surface area contributed by atoms with Gasteiger partial charge in [0.1, 0.15) is 13.2 Å². The maximum Gasteiger partial charge on any atom is 0.411 e. The fraction of sp³-hybridized carbons (Fsp3) is 0.405. The molecule has 50 heavy (non-hydrogen) atoms. The van der Waals surface area contributed by atoms with Crippen LogP contribution in [-0.2, 0) is 29.9 Å². The van der Waals surface area contributed by atoms with Crippen molar-refractivity contribution in [2.45, 2.75) is 58.0 Å². The quantitative estimate of drug-likeness (QED) is 0.187. The van der Waals surface area contributed by atoms with Gasteiger partial charge in [-0.25, -0.2) is 9.59 Å². The fourth-order valence-corrected chi connectivity index (χ4v) is 6.30. The number of carbonyl (C=O) groups is 2. The first kappa shape index (κ1) is 37.9. The Kier molecular flexibility index (Phi) is 12.0. The minimum atomic E-state index is -2.26. The van der Waals surface area contributed by atoms with Crippen LogP contribution in [0.5, 0.6) is 11.5 Å². The van der Waals surface area contributed by atoms with Gasteiger partial charge in [0.25, 0.3) is 11.5 Å². The van der Waals surface area contributed by atoms with Crippen molar-refractivity contribution in [3.8, 4) is 11.5 Å². The van der Waals surface area contributed by atoms with Gasteiger partial charge in [-0.2, -0.15) is 0 Å². The standard InChI is InChI=1S/C37H48N4O8Si/c1-10-18-47-35(44)38-30-21-32(48-23-25-14-12-11-13-15-25)31(46-7)20-28(30)34(43)41-17-16-26(29-22-39(5)36(45)40(6)33(29)42)19-27(41)24-49-50(8,9)37(2,3)4/h10-16,20-22,27H,1,17-19,23-24H2,2-9H3,(H,38,44)/t27-/m0/s1. The van der Waals surface area contributed by atoms with E-state index in [0.29, 0.717) is 29.1 Å². The number of amides is 2. The van der Waals surface area contributed by atoms with Crippen LogP contribution in [0.3, 0.4) is 0 Å². The molecule has 3 aromatic rings. The van der Waals surface area contributed by atoms with Crippen LogP contribution in [0, 0.1) is 0 Å². The van der Waals surface area contributed by atoms with E-state index in [1.807, 2.05) is 36.4 Å². The summed E-state index contributed by atoms with van der Waals surface area (Å²) < 4.78 is 26.0. The summed E-state index contributed by atoms with van der Waals surface area (Å²) in [5.41, 5.74) is 1.49. The van der Waals surface area contributed by atoms with Crippen molar-refractivity contribution in [1.82, 2.24) is 14.0 Å². The molecule has 0 saturated carbocycles. The number of hydrogen-bond acceptors (Lipinski definition) is 8. The summed E-state index contributed by atoms with van der Waals surface area (Å²) in [5.74, 6) is 0.214. The van der Waals surface area contributed by atoms with Crippen molar-refractivity contribution < 1.29 is 28.2 Å². The van der Waals surface area contributed by atoms with Gasteiger partial charge in [-0.15, -0.1) is 0 Å². The van der Waals surface area contributed by atoms with Gasteiger partial charge in [-0.3, -0.25) is 19.5 Å². The molecule has 2 aromatic carbocycles. The highest BCUT2D eigenvalue weighted by Gasteiger charge is 2.39. The van der Waals surface area contributed by atoms with Gasteiger partial charge < -0.3 is 28.1 Å². The van der Waals surface area contributed by atoms with Crippen molar-refractivity contribution in [3.63, 3.8) is 0 Å². The molecule has 1 atom stereocenters. The summed E-state index contributed by atoms with van der Waals surface area (Å²) in [7, 11) is 2.25. The molecule has 12 nitrogen and oxygen atoms in total. The molecule has 2 heterocycles. The third-order valence-corrected chi connectivity index (χ3v) is 13.8. The lowest BCUT2D eigenvalue weighted by Crippen LogP contribution is -2.50. The SMILES string of the molecule is C=CCOC(=O)Nc1cc(OCc2ccccc2)c(OC)cc1C(=O)N1CC=C(c2cn(C)c(=O)n(C)c2=O)C[C@H]1CO[Si](C)(C)C(C)(C)C. The second-order valence-corrected chi connectivity index (χ2v) is 18.6. The molecule has 13 heteroatoms. The highest BCUT2D eigenvalue weighted by molar-refractivity contribution is 6.74.